The van der Waals surface area contributed by atoms with Crippen molar-refractivity contribution >= 4 is 11.0 Å². The van der Waals surface area contributed by atoms with Gasteiger partial charge in [-0.2, -0.15) is 0 Å². The Bertz CT molecular complexity index is 545. The van der Waals surface area contributed by atoms with Crippen molar-refractivity contribution in [1.82, 2.24) is 14.9 Å². The van der Waals surface area contributed by atoms with E-state index in [9.17, 15) is 0 Å². The van der Waals surface area contributed by atoms with Crippen molar-refractivity contribution in [3.8, 4) is 0 Å². The Hall–Kier alpha value is -1.39. The second-order valence-electron chi connectivity index (χ2n) is 5.66. The standard InChI is InChI=1S/C16H23N3O/c1-17-14(10-13-6-8-20-9-7-13)11-19-12-18-15-4-2-3-5-16(15)19/h2-5,12-14,17H,6-11H2,1H3. The summed E-state index contributed by atoms with van der Waals surface area (Å²) in [5.74, 6) is 0.788. The van der Waals surface area contributed by atoms with E-state index in [4.69, 9.17) is 4.74 Å². The summed E-state index contributed by atoms with van der Waals surface area (Å²) in [4.78, 5) is 4.47. The fraction of sp³-hybridized carbons (Fsp3) is 0.562. The summed E-state index contributed by atoms with van der Waals surface area (Å²) in [6.45, 7) is 2.83. The van der Waals surface area contributed by atoms with E-state index in [1.807, 2.05) is 12.4 Å². The maximum atomic E-state index is 5.44. The van der Waals surface area contributed by atoms with E-state index in [1.165, 1.54) is 24.8 Å². The third kappa shape index (κ3) is 3.02. The maximum absolute atomic E-state index is 5.44. The van der Waals surface area contributed by atoms with Gasteiger partial charge in [-0.15, -0.1) is 0 Å². The molecule has 1 aromatic heterocycles. The van der Waals surface area contributed by atoms with Crippen LogP contribution in [0.2, 0.25) is 0 Å². The number of hydrogen-bond acceptors (Lipinski definition) is 3. The first kappa shape index (κ1) is 13.6. The molecule has 2 heterocycles. The van der Waals surface area contributed by atoms with Gasteiger partial charge in [0, 0.05) is 25.8 Å². The van der Waals surface area contributed by atoms with Crippen molar-refractivity contribution < 1.29 is 4.74 Å². The number of para-hydroxylation sites is 2. The Balaban J connectivity index is 1.67. The molecule has 0 amide bonds. The van der Waals surface area contributed by atoms with Gasteiger partial charge >= 0.3 is 0 Å². The SMILES string of the molecule is CNC(CC1CCOCC1)Cn1cnc2ccccc21. The summed E-state index contributed by atoms with van der Waals surface area (Å²) in [5, 5.41) is 3.46. The minimum Gasteiger partial charge on any atom is -0.381 e. The summed E-state index contributed by atoms with van der Waals surface area (Å²) in [6.07, 6.45) is 5.57. The van der Waals surface area contributed by atoms with Gasteiger partial charge in [-0.25, -0.2) is 4.98 Å². The fourth-order valence-electron chi connectivity index (χ4n) is 3.06. The van der Waals surface area contributed by atoms with E-state index in [-0.39, 0.29) is 0 Å². The molecule has 2 aromatic rings. The summed E-state index contributed by atoms with van der Waals surface area (Å²) in [7, 11) is 2.06. The second kappa shape index (κ2) is 6.37. The van der Waals surface area contributed by atoms with Crippen molar-refractivity contribution in [2.45, 2.75) is 31.8 Å². The number of fused-ring (bicyclic) bond motifs is 1. The summed E-state index contributed by atoms with van der Waals surface area (Å²) >= 11 is 0. The maximum Gasteiger partial charge on any atom is 0.0958 e. The predicted molar refractivity (Wildman–Crippen MR) is 80.7 cm³/mol. The van der Waals surface area contributed by atoms with E-state index in [0.29, 0.717) is 6.04 Å². The lowest BCUT2D eigenvalue weighted by Crippen LogP contribution is -2.33. The molecule has 0 aliphatic carbocycles. The van der Waals surface area contributed by atoms with Gasteiger partial charge < -0.3 is 14.6 Å². The highest BCUT2D eigenvalue weighted by molar-refractivity contribution is 5.74. The number of ether oxygens (including phenoxy) is 1. The second-order valence-corrected chi connectivity index (χ2v) is 5.66. The molecule has 4 nitrogen and oxygen atoms in total. The molecule has 108 valence electrons. The Kier molecular flexibility index (Phi) is 4.33. The first-order valence-electron chi connectivity index (χ1n) is 7.51. The number of aromatic nitrogens is 2. The van der Waals surface area contributed by atoms with Crippen molar-refractivity contribution in [3.63, 3.8) is 0 Å². The molecule has 1 atom stereocenters. The van der Waals surface area contributed by atoms with Crippen LogP contribution in [0.1, 0.15) is 19.3 Å². The van der Waals surface area contributed by atoms with E-state index < -0.39 is 0 Å². The van der Waals surface area contributed by atoms with E-state index in [2.05, 4.69) is 40.1 Å². The molecular weight excluding hydrogens is 250 g/mol. The molecule has 1 aliphatic heterocycles. The van der Waals surface area contributed by atoms with Gasteiger partial charge in [-0.05, 0) is 44.4 Å². The van der Waals surface area contributed by atoms with E-state index in [0.717, 1.165) is 31.2 Å². The quantitative estimate of drug-likeness (QED) is 0.909. The molecule has 3 rings (SSSR count). The topological polar surface area (TPSA) is 39.1 Å². The van der Waals surface area contributed by atoms with Crippen molar-refractivity contribution in [3.05, 3.63) is 30.6 Å². The molecule has 1 fully saturated rings. The Morgan fingerprint density at radius 2 is 2.15 bits per heavy atom. The molecule has 0 bridgehead atoms. The van der Waals surface area contributed by atoms with Gasteiger partial charge in [-0.3, -0.25) is 0 Å². The largest absolute Gasteiger partial charge is 0.381 e. The van der Waals surface area contributed by atoms with Crippen LogP contribution >= 0.6 is 0 Å². The number of imidazole rings is 1. The zero-order chi connectivity index (χ0) is 13.8. The number of nitrogens with zero attached hydrogens (tertiary/aromatic N) is 2. The molecule has 1 unspecified atom stereocenters. The highest BCUT2D eigenvalue weighted by Crippen LogP contribution is 2.21. The molecule has 4 heteroatoms. The van der Waals surface area contributed by atoms with Crippen LogP contribution in [0.5, 0.6) is 0 Å². The Morgan fingerprint density at radius 3 is 2.95 bits per heavy atom. The zero-order valence-corrected chi connectivity index (χ0v) is 12.1. The fourth-order valence-corrected chi connectivity index (χ4v) is 3.06. The third-order valence-electron chi connectivity index (χ3n) is 4.31. The number of benzene rings is 1. The highest BCUT2D eigenvalue weighted by atomic mass is 16.5. The molecule has 1 N–H and O–H groups in total. The van der Waals surface area contributed by atoms with Gasteiger partial charge in [0.1, 0.15) is 0 Å². The Labute approximate surface area is 120 Å². The van der Waals surface area contributed by atoms with Gasteiger partial charge in [0.05, 0.1) is 17.4 Å². The minimum absolute atomic E-state index is 0.496. The molecule has 1 aliphatic rings. The number of rotatable bonds is 5. The van der Waals surface area contributed by atoms with Crippen LogP contribution in [-0.2, 0) is 11.3 Å². The monoisotopic (exact) mass is 273 g/mol. The lowest BCUT2D eigenvalue weighted by molar-refractivity contribution is 0.0602. The molecule has 1 aromatic carbocycles. The predicted octanol–water partition coefficient (Wildman–Crippen LogP) is 2.44. The van der Waals surface area contributed by atoms with Crippen LogP contribution in [0, 0.1) is 5.92 Å². The third-order valence-corrected chi connectivity index (χ3v) is 4.31. The van der Waals surface area contributed by atoms with Crippen molar-refractivity contribution in [1.29, 1.82) is 0 Å². The first-order chi connectivity index (χ1) is 9.86. The number of nitrogens with one attached hydrogen (secondary N) is 1. The van der Waals surface area contributed by atoms with Crippen LogP contribution in [0.25, 0.3) is 11.0 Å². The first-order valence-corrected chi connectivity index (χ1v) is 7.51. The van der Waals surface area contributed by atoms with Gasteiger partial charge in [0.2, 0.25) is 0 Å². The number of likely N-dealkylation sites (N-methyl/N-ethyl adjacent to an activating group) is 1. The average Bonchev–Trinajstić information content (AvgIpc) is 2.91. The molecular formula is C16H23N3O. The summed E-state index contributed by atoms with van der Waals surface area (Å²) < 4.78 is 7.70. The van der Waals surface area contributed by atoms with Gasteiger partial charge in [0.15, 0.2) is 0 Å². The minimum atomic E-state index is 0.496. The zero-order valence-electron chi connectivity index (χ0n) is 12.1. The van der Waals surface area contributed by atoms with Gasteiger partial charge in [0.25, 0.3) is 0 Å². The van der Waals surface area contributed by atoms with Crippen molar-refractivity contribution in [2.75, 3.05) is 20.3 Å². The molecule has 0 spiro atoms. The highest BCUT2D eigenvalue weighted by Gasteiger charge is 2.19. The van der Waals surface area contributed by atoms with Crippen LogP contribution in [0.3, 0.4) is 0 Å². The molecule has 1 saturated heterocycles. The average molecular weight is 273 g/mol. The Morgan fingerprint density at radius 1 is 1.35 bits per heavy atom. The molecule has 0 saturated carbocycles. The van der Waals surface area contributed by atoms with Crippen molar-refractivity contribution in [2.24, 2.45) is 5.92 Å². The van der Waals surface area contributed by atoms with Crippen LogP contribution in [-0.4, -0.2) is 35.9 Å². The van der Waals surface area contributed by atoms with Crippen LogP contribution < -0.4 is 5.32 Å². The van der Waals surface area contributed by atoms with Crippen LogP contribution in [0.4, 0.5) is 0 Å². The summed E-state index contributed by atoms with van der Waals surface area (Å²) in [5.41, 5.74) is 2.30. The lowest BCUT2D eigenvalue weighted by Gasteiger charge is -2.26. The number of hydrogen-bond donors (Lipinski definition) is 1. The lowest BCUT2D eigenvalue weighted by atomic mass is 9.92. The van der Waals surface area contributed by atoms with E-state index >= 15 is 0 Å². The molecule has 20 heavy (non-hydrogen) atoms. The smallest absolute Gasteiger partial charge is 0.0958 e. The summed E-state index contributed by atoms with van der Waals surface area (Å²) in [6, 6.07) is 8.82. The molecule has 0 radical (unpaired) electrons. The van der Waals surface area contributed by atoms with E-state index in [1.54, 1.807) is 0 Å². The van der Waals surface area contributed by atoms with Gasteiger partial charge in [-0.1, -0.05) is 12.1 Å². The normalized spacial score (nSPS) is 18.4. The van der Waals surface area contributed by atoms with Crippen LogP contribution in [0.15, 0.2) is 30.6 Å².